The molecule has 6 heteroatoms. The number of anilines is 1. The fourth-order valence-electron chi connectivity index (χ4n) is 2.13. The molecule has 0 saturated carbocycles. The summed E-state index contributed by atoms with van der Waals surface area (Å²) in [5.74, 6) is -0.424. The van der Waals surface area contributed by atoms with Crippen LogP contribution >= 0.6 is 27.5 Å². The summed E-state index contributed by atoms with van der Waals surface area (Å²) in [5, 5.41) is 14.6. The smallest absolute Gasteiger partial charge is 0.270 e. The van der Waals surface area contributed by atoms with Gasteiger partial charge in [0.05, 0.1) is 5.69 Å². The molecule has 0 heterocycles. The van der Waals surface area contributed by atoms with Gasteiger partial charge >= 0.3 is 0 Å². The predicted molar refractivity (Wildman–Crippen MR) is 117 cm³/mol. The van der Waals surface area contributed by atoms with Gasteiger partial charge in [0, 0.05) is 28.7 Å². The Kier molecular flexibility index (Phi) is 10.9. The van der Waals surface area contributed by atoms with Crippen molar-refractivity contribution in [3.63, 3.8) is 0 Å². The number of benzene rings is 2. The number of hydrogen-bond acceptors (Lipinski definition) is 3. The Labute approximate surface area is 170 Å². The Bertz CT molecular complexity index is 745. The minimum Gasteiger partial charge on any atom is -0.387 e. The number of carbonyl (C=O) groups excluding carboxylic acids is 1. The summed E-state index contributed by atoms with van der Waals surface area (Å²) in [5.41, 5.74) is 3.17. The first-order chi connectivity index (χ1) is 11.9. The summed E-state index contributed by atoms with van der Waals surface area (Å²) in [6.45, 7) is 6.30. The molecule has 0 fully saturated rings. The number of rotatable bonds is 5. The third-order valence-corrected chi connectivity index (χ3v) is 4.72. The number of amides is 1. The second kappa shape index (κ2) is 11.7. The lowest BCUT2D eigenvalue weighted by Crippen LogP contribution is -2.31. The molecule has 0 bridgehead atoms. The van der Waals surface area contributed by atoms with Gasteiger partial charge in [-0.15, -0.1) is 0 Å². The molecule has 0 spiro atoms. The Balaban J connectivity index is 0.00000201. The minimum absolute atomic E-state index is 0. The largest absolute Gasteiger partial charge is 0.387 e. The second-order valence-electron chi connectivity index (χ2n) is 5.05. The normalized spacial score (nSPS) is 9.31. The van der Waals surface area contributed by atoms with Gasteiger partial charge in [0.25, 0.3) is 5.91 Å². The van der Waals surface area contributed by atoms with Crippen molar-refractivity contribution in [1.82, 2.24) is 5.32 Å². The van der Waals surface area contributed by atoms with Gasteiger partial charge < -0.3 is 10.6 Å². The molecule has 0 radical (unpaired) electrons. The van der Waals surface area contributed by atoms with Gasteiger partial charge in [0.1, 0.15) is 5.71 Å². The highest BCUT2D eigenvalue weighted by molar-refractivity contribution is 9.10. The first kappa shape index (κ1) is 24.2. The van der Waals surface area contributed by atoms with Crippen molar-refractivity contribution in [2.24, 2.45) is 0 Å². The number of carbonyl (C=O) groups is 1. The van der Waals surface area contributed by atoms with Crippen LogP contribution in [-0.4, -0.2) is 18.7 Å². The quantitative estimate of drug-likeness (QED) is 0.514. The molecule has 2 aromatic carbocycles. The Hall–Kier alpha value is -1.85. The Morgan fingerprint density at radius 3 is 2.27 bits per heavy atom. The van der Waals surface area contributed by atoms with E-state index >= 15 is 0 Å². The van der Waals surface area contributed by atoms with Gasteiger partial charge in [-0.25, -0.2) is 0 Å². The van der Waals surface area contributed by atoms with Crippen LogP contribution in [0.15, 0.2) is 40.9 Å². The van der Waals surface area contributed by atoms with Crippen LogP contribution in [-0.2, 0) is 11.3 Å². The van der Waals surface area contributed by atoms with E-state index in [9.17, 15) is 4.79 Å². The van der Waals surface area contributed by atoms with Crippen molar-refractivity contribution in [3.8, 4) is 0 Å². The predicted octanol–water partition coefficient (Wildman–Crippen LogP) is 5.80. The summed E-state index contributed by atoms with van der Waals surface area (Å²) in [7, 11) is 1.77. The van der Waals surface area contributed by atoms with Crippen molar-refractivity contribution in [1.29, 1.82) is 5.41 Å². The molecule has 26 heavy (non-hydrogen) atoms. The molecule has 0 aromatic heterocycles. The van der Waals surface area contributed by atoms with Crippen molar-refractivity contribution in [3.05, 3.63) is 62.6 Å². The first-order valence-corrected chi connectivity index (χ1v) is 9.19. The molecular formula is C20H27BrClN3O. The summed E-state index contributed by atoms with van der Waals surface area (Å²) in [6.07, 6.45) is 0. The van der Waals surface area contributed by atoms with Crippen LogP contribution < -0.4 is 10.6 Å². The molecule has 1 amide bonds. The first-order valence-electron chi connectivity index (χ1n) is 8.02. The second-order valence-corrected chi connectivity index (χ2v) is 6.28. The molecule has 142 valence electrons. The van der Waals surface area contributed by atoms with Crippen LogP contribution in [0.1, 0.15) is 38.0 Å². The minimum atomic E-state index is -0.424. The van der Waals surface area contributed by atoms with Crippen molar-refractivity contribution in [2.75, 3.05) is 12.4 Å². The van der Waals surface area contributed by atoms with Gasteiger partial charge in [0.2, 0.25) is 0 Å². The molecule has 3 N–H and O–H groups in total. The molecule has 2 rings (SSSR count). The average Bonchev–Trinajstić information content (AvgIpc) is 2.64. The molecule has 0 saturated heterocycles. The van der Waals surface area contributed by atoms with Gasteiger partial charge in [-0.1, -0.05) is 57.1 Å². The van der Waals surface area contributed by atoms with E-state index in [1.54, 1.807) is 25.2 Å². The van der Waals surface area contributed by atoms with Gasteiger partial charge in [-0.3, -0.25) is 10.2 Å². The fraction of sp³-hybridized carbons (Fsp3) is 0.300. The fourth-order valence-corrected chi connectivity index (χ4v) is 2.80. The lowest BCUT2D eigenvalue weighted by Gasteiger charge is -2.14. The van der Waals surface area contributed by atoms with E-state index in [1.165, 1.54) is 0 Å². The number of hydrogen-bond donors (Lipinski definition) is 3. The molecule has 0 aliphatic rings. The third-order valence-electron chi connectivity index (χ3n) is 3.45. The summed E-state index contributed by atoms with van der Waals surface area (Å²) < 4.78 is 0.854. The Morgan fingerprint density at radius 1 is 1.15 bits per heavy atom. The average molecular weight is 441 g/mol. The zero-order chi connectivity index (χ0) is 19.0. The summed E-state index contributed by atoms with van der Waals surface area (Å²) >= 11 is 9.32. The lowest BCUT2D eigenvalue weighted by molar-refractivity contribution is -0.114. The van der Waals surface area contributed by atoms with Gasteiger partial charge in [0.15, 0.2) is 0 Å². The number of aryl methyl sites for hydroxylation is 1. The van der Waals surface area contributed by atoms with Crippen LogP contribution in [0.3, 0.4) is 0 Å². The summed E-state index contributed by atoms with van der Waals surface area (Å²) in [6, 6.07) is 10.9. The number of nitrogens with one attached hydrogen (secondary N) is 3. The molecule has 0 aliphatic carbocycles. The maximum Gasteiger partial charge on any atom is 0.270 e. The lowest BCUT2D eigenvalue weighted by atomic mass is 10.0. The standard InChI is InChI=1S/C17H17BrClN3O.C2H6.CH4/c1-10-3-8-13(16(21-2)14(10)18)15(20)17(23)22-9-11-4-6-12(19)7-5-11;1-2;/h3-8,20-21H,9H2,1-2H3,(H,22,23);1-2H3;1H4. The van der Waals surface area contributed by atoms with E-state index in [0.29, 0.717) is 17.1 Å². The van der Waals surface area contributed by atoms with Crippen molar-refractivity contribution < 1.29 is 4.79 Å². The molecule has 4 nitrogen and oxygen atoms in total. The van der Waals surface area contributed by atoms with E-state index < -0.39 is 5.91 Å². The zero-order valence-electron chi connectivity index (χ0n) is 14.8. The Morgan fingerprint density at radius 2 is 1.73 bits per heavy atom. The van der Waals surface area contributed by atoms with Crippen molar-refractivity contribution >= 4 is 44.8 Å². The van der Waals surface area contributed by atoms with Crippen molar-refractivity contribution in [2.45, 2.75) is 34.7 Å². The van der Waals surface area contributed by atoms with Crippen LogP contribution in [0.5, 0.6) is 0 Å². The van der Waals surface area contributed by atoms with Gasteiger partial charge in [-0.05, 0) is 46.1 Å². The van der Waals surface area contributed by atoms with E-state index in [4.69, 9.17) is 17.0 Å². The molecular weight excluding hydrogens is 414 g/mol. The highest BCUT2D eigenvalue weighted by Crippen LogP contribution is 2.29. The van der Waals surface area contributed by atoms with E-state index in [-0.39, 0.29) is 13.1 Å². The topological polar surface area (TPSA) is 65.0 Å². The van der Waals surface area contributed by atoms with Crippen LogP contribution in [0, 0.1) is 12.3 Å². The van der Waals surface area contributed by atoms with E-state index in [1.807, 2.05) is 39.0 Å². The monoisotopic (exact) mass is 439 g/mol. The highest BCUT2D eigenvalue weighted by atomic mass is 79.9. The maximum absolute atomic E-state index is 12.2. The zero-order valence-corrected chi connectivity index (χ0v) is 17.2. The number of halogens is 2. The summed E-state index contributed by atoms with van der Waals surface area (Å²) in [4.78, 5) is 12.2. The van der Waals surface area contributed by atoms with Crippen LogP contribution in [0.25, 0.3) is 0 Å². The molecule has 0 unspecified atom stereocenters. The highest BCUT2D eigenvalue weighted by Gasteiger charge is 2.17. The maximum atomic E-state index is 12.2. The van der Waals surface area contributed by atoms with Crippen LogP contribution in [0.2, 0.25) is 5.02 Å². The van der Waals surface area contributed by atoms with E-state index in [0.717, 1.165) is 21.3 Å². The SMILES string of the molecule is C.CC.CNc1c(C(=N)C(=O)NCc2ccc(Cl)cc2)ccc(C)c1Br. The third kappa shape index (κ3) is 6.15. The molecule has 0 atom stereocenters. The molecule has 2 aromatic rings. The molecule has 0 aliphatic heterocycles. The van der Waals surface area contributed by atoms with Gasteiger partial charge in [-0.2, -0.15) is 0 Å². The van der Waals surface area contributed by atoms with Crippen LogP contribution in [0.4, 0.5) is 5.69 Å². The van der Waals surface area contributed by atoms with E-state index in [2.05, 4.69) is 26.6 Å².